The second kappa shape index (κ2) is 14.1. The summed E-state index contributed by atoms with van der Waals surface area (Å²) in [7, 11) is 0. The van der Waals surface area contributed by atoms with Crippen LogP contribution in [-0.4, -0.2) is 83.3 Å². The molecule has 10 atom stereocenters. The minimum absolute atomic E-state index is 0.122. The Morgan fingerprint density at radius 1 is 0.984 bits per heavy atom. The standard InChI is InChI=1S/C53H70N2O7/c1-29-20-32(30-13-18-61-19-14-30)22-33(21-29)36(28-56)34-26-55-27-35-41-42(50(6,23-38(58)47-49(4,5)62-47)15-10-31-25-54-43(34)44(31)55)37(57)24-53(41,9)52(8)17-11-39-48(2,3)40(59)12-16-51(39,7)46(52)45(35)60/h20-22,25,28,30,35,38-39,45-47,54,58,60H,10-19,23-24,26-27H2,1-9H3. The number of aldehydes is 1. The number of hydrogen-bond donors (Lipinski definition) is 3. The first-order valence-corrected chi connectivity index (χ1v) is 23.9. The number of benzene rings is 1. The molecule has 3 N–H and O–H groups in total. The molecule has 1 aromatic carbocycles. The Bertz CT molecular complexity index is 2310. The summed E-state index contributed by atoms with van der Waals surface area (Å²) in [6.07, 6.45) is 8.27. The number of aryl methyl sites for hydroxylation is 2. The van der Waals surface area contributed by atoms with Gasteiger partial charge in [-0.05, 0) is 128 Å². The van der Waals surface area contributed by atoms with Gasteiger partial charge in [-0.2, -0.15) is 0 Å². The van der Waals surface area contributed by atoms with Crippen LogP contribution >= 0.6 is 0 Å². The van der Waals surface area contributed by atoms with E-state index in [0.717, 1.165) is 96.4 Å². The summed E-state index contributed by atoms with van der Waals surface area (Å²) in [6, 6.07) is 6.61. The third kappa shape index (κ3) is 5.95. The normalized spacial score (nSPS) is 39.7. The van der Waals surface area contributed by atoms with Crippen LogP contribution in [0.4, 0.5) is 5.69 Å². The molecule has 1 aromatic heterocycles. The fraction of sp³-hybridized carbons (Fsp3) is 0.679. The van der Waals surface area contributed by atoms with Crippen molar-refractivity contribution < 1.29 is 34.1 Å². The minimum Gasteiger partial charge on any atom is -0.392 e. The highest BCUT2D eigenvalue weighted by molar-refractivity contribution is 6.19. The van der Waals surface area contributed by atoms with Gasteiger partial charge in [0.15, 0.2) is 12.1 Å². The van der Waals surface area contributed by atoms with E-state index >= 15 is 4.79 Å². The Morgan fingerprint density at radius 3 is 2.40 bits per heavy atom. The van der Waals surface area contributed by atoms with Crippen molar-refractivity contribution in [1.82, 2.24) is 4.98 Å². The average Bonchev–Trinajstić information content (AvgIpc) is 3.46. The highest BCUT2D eigenvalue weighted by atomic mass is 16.6. The quantitative estimate of drug-likeness (QED) is 0.150. The van der Waals surface area contributed by atoms with Crippen molar-refractivity contribution in [2.45, 2.75) is 156 Å². The van der Waals surface area contributed by atoms with Crippen LogP contribution in [0.3, 0.4) is 0 Å². The van der Waals surface area contributed by atoms with E-state index in [-0.39, 0.29) is 35.1 Å². The fourth-order valence-electron chi connectivity index (χ4n) is 15.9. The van der Waals surface area contributed by atoms with Crippen molar-refractivity contribution in [2.75, 3.05) is 31.2 Å². The number of aliphatic hydroxyl groups is 2. The van der Waals surface area contributed by atoms with Crippen molar-refractivity contribution in [3.05, 3.63) is 63.5 Å². The maximum absolute atomic E-state index is 15.3. The van der Waals surface area contributed by atoms with E-state index in [1.807, 2.05) is 13.8 Å². The zero-order valence-electron chi connectivity index (χ0n) is 38.7. The molecule has 4 aliphatic carbocycles. The molecule has 4 aliphatic heterocycles. The highest BCUT2D eigenvalue weighted by Crippen LogP contribution is 2.75. The van der Waals surface area contributed by atoms with E-state index < -0.39 is 39.5 Å². The number of rotatable bonds is 6. The summed E-state index contributed by atoms with van der Waals surface area (Å²) in [5, 5.41) is 25.5. The molecule has 10 rings (SSSR count). The van der Waals surface area contributed by atoms with Gasteiger partial charge in [0, 0.05) is 78.8 Å². The lowest BCUT2D eigenvalue weighted by atomic mass is 9.34. The Balaban J connectivity index is 1.14. The molecule has 334 valence electrons. The number of anilines is 1. The number of aromatic amines is 1. The molecule has 2 saturated heterocycles. The molecule has 62 heavy (non-hydrogen) atoms. The first-order valence-electron chi connectivity index (χ1n) is 23.9. The van der Waals surface area contributed by atoms with Crippen molar-refractivity contribution in [3.63, 3.8) is 0 Å². The van der Waals surface area contributed by atoms with Gasteiger partial charge < -0.3 is 29.6 Å². The van der Waals surface area contributed by atoms with Gasteiger partial charge in [-0.3, -0.25) is 14.4 Å². The van der Waals surface area contributed by atoms with Crippen molar-refractivity contribution in [1.29, 1.82) is 0 Å². The van der Waals surface area contributed by atoms with Gasteiger partial charge >= 0.3 is 0 Å². The molecule has 9 nitrogen and oxygen atoms in total. The average molecular weight is 847 g/mol. The lowest BCUT2D eigenvalue weighted by molar-refractivity contribution is -0.218. The Kier molecular flexibility index (Phi) is 9.66. The second-order valence-electron chi connectivity index (χ2n) is 23.4. The highest BCUT2D eigenvalue weighted by Gasteiger charge is 2.73. The molecule has 0 spiro atoms. The largest absolute Gasteiger partial charge is 0.392 e. The maximum Gasteiger partial charge on any atom is 0.160 e. The molecule has 0 bridgehead atoms. The number of ketones is 2. The van der Waals surface area contributed by atoms with Crippen LogP contribution in [-0.2, 0) is 30.3 Å². The number of allylic oxidation sites excluding steroid dienone is 2. The van der Waals surface area contributed by atoms with E-state index in [2.05, 4.69) is 82.7 Å². The summed E-state index contributed by atoms with van der Waals surface area (Å²) in [6.45, 7) is 22.1. The van der Waals surface area contributed by atoms with Crippen LogP contribution in [0.25, 0.3) is 11.1 Å². The first-order chi connectivity index (χ1) is 29.2. The summed E-state index contributed by atoms with van der Waals surface area (Å²) < 4.78 is 11.7. The number of carbonyl (C=O) groups is 3. The van der Waals surface area contributed by atoms with Gasteiger partial charge in [0.25, 0.3) is 0 Å². The van der Waals surface area contributed by atoms with Gasteiger partial charge in [0.2, 0.25) is 0 Å². The molecular weight excluding hydrogens is 777 g/mol. The van der Waals surface area contributed by atoms with E-state index in [1.54, 1.807) is 0 Å². The number of nitrogens with zero attached hydrogens (tertiary/aromatic N) is 1. The number of fused-ring (bicyclic) bond motifs is 4. The predicted octanol–water partition coefficient (Wildman–Crippen LogP) is 8.72. The van der Waals surface area contributed by atoms with E-state index in [1.165, 1.54) is 5.56 Å². The Labute approximate surface area is 368 Å². The van der Waals surface area contributed by atoms with Crippen molar-refractivity contribution >= 4 is 34.7 Å². The molecule has 5 heterocycles. The van der Waals surface area contributed by atoms with Gasteiger partial charge in [-0.1, -0.05) is 65.3 Å². The molecule has 0 amide bonds. The van der Waals surface area contributed by atoms with Crippen LogP contribution in [0.15, 0.2) is 35.5 Å². The van der Waals surface area contributed by atoms with Crippen molar-refractivity contribution in [3.8, 4) is 0 Å². The first kappa shape index (κ1) is 42.6. The number of aliphatic hydroxyl groups excluding tert-OH is 2. The maximum atomic E-state index is 15.3. The van der Waals surface area contributed by atoms with Gasteiger partial charge in [-0.25, -0.2) is 0 Å². The molecule has 10 unspecified atom stereocenters. The number of hydrogen-bond acceptors (Lipinski definition) is 8. The summed E-state index contributed by atoms with van der Waals surface area (Å²) >= 11 is 0. The molecule has 5 fully saturated rings. The molecule has 2 aromatic rings. The number of epoxide rings is 1. The molecule has 0 radical (unpaired) electrons. The monoisotopic (exact) mass is 847 g/mol. The smallest absolute Gasteiger partial charge is 0.160 e. The van der Waals surface area contributed by atoms with Gasteiger partial charge in [-0.15, -0.1) is 0 Å². The lowest BCUT2D eigenvalue weighted by Crippen LogP contribution is -2.68. The van der Waals surface area contributed by atoms with E-state index in [9.17, 15) is 19.8 Å². The zero-order valence-corrected chi connectivity index (χ0v) is 38.7. The number of aromatic nitrogens is 1. The van der Waals surface area contributed by atoms with E-state index in [0.29, 0.717) is 62.5 Å². The molecule has 8 aliphatic rings. The van der Waals surface area contributed by atoms with Crippen LogP contribution in [0, 0.1) is 51.8 Å². The number of nitrogens with one attached hydrogen (secondary N) is 1. The van der Waals surface area contributed by atoms with Crippen LogP contribution in [0.5, 0.6) is 0 Å². The topological polar surface area (TPSA) is 132 Å². The summed E-state index contributed by atoms with van der Waals surface area (Å²) in [5.74, 6) is 0.455. The number of carbonyl (C=O) groups excluding carboxylic acids is 3. The third-order valence-corrected chi connectivity index (χ3v) is 19.1. The third-order valence-electron chi connectivity index (χ3n) is 19.1. The molecule has 3 saturated carbocycles. The predicted molar refractivity (Wildman–Crippen MR) is 241 cm³/mol. The van der Waals surface area contributed by atoms with Gasteiger partial charge in [0.05, 0.1) is 29.2 Å². The van der Waals surface area contributed by atoms with Gasteiger partial charge in [0.1, 0.15) is 11.9 Å². The van der Waals surface area contributed by atoms with Crippen molar-refractivity contribution in [2.24, 2.45) is 44.8 Å². The summed E-state index contributed by atoms with van der Waals surface area (Å²) in [5.41, 5.74) is 7.19. The molecular formula is C53H70N2O7. The number of Topliss-reactive ketones (excluding diaryl/α,β-unsaturated/α-hetero) is 2. The Morgan fingerprint density at radius 2 is 1.71 bits per heavy atom. The van der Waals surface area contributed by atoms with Crippen LogP contribution < -0.4 is 4.90 Å². The van der Waals surface area contributed by atoms with Crippen LogP contribution in [0.2, 0.25) is 0 Å². The molecule has 9 heteroatoms. The van der Waals surface area contributed by atoms with E-state index in [4.69, 9.17) is 9.47 Å². The van der Waals surface area contributed by atoms with Crippen LogP contribution in [0.1, 0.15) is 147 Å². The second-order valence-corrected chi connectivity index (χ2v) is 23.4. The summed E-state index contributed by atoms with van der Waals surface area (Å²) in [4.78, 5) is 48.4. The Hall–Kier alpha value is -3.37. The zero-order chi connectivity index (χ0) is 44.1. The fourth-order valence-corrected chi connectivity index (χ4v) is 15.9. The number of ether oxygens (including phenoxy) is 2. The lowest BCUT2D eigenvalue weighted by Gasteiger charge is -2.70. The SMILES string of the molecule is Cc1cc(C(C=O)=C2CN3CC4C5=C(C(=O)CC5(C)C5(C)CCC6C(C)(C)C(=O)CCC6(C)C5C4O)C(C)(CC(O)C4OC4(C)C)CCc4c[nH]c2c43)cc(C2CCOCC2)c1. The minimum atomic E-state index is -0.775. The number of H-pyrrole nitrogens is 1.